The van der Waals surface area contributed by atoms with Gasteiger partial charge in [-0.1, -0.05) is 23.9 Å². The molecule has 4 rings (SSSR count). The predicted octanol–water partition coefficient (Wildman–Crippen LogP) is 3.66. The highest BCUT2D eigenvalue weighted by Crippen LogP contribution is 2.45. The summed E-state index contributed by atoms with van der Waals surface area (Å²) in [6, 6.07) is 0. The lowest BCUT2D eigenvalue weighted by Crippen LogP contribution is -2.11. The maximum atomic E-state index is 4.50. The standard InChI is InChI=1S/C17H20N4S/c1-22-17-19-10-15(11-20-17)16-18-5-7-21(16)6-4-14-9-12-2-3-13(14)8-12/h2-3,5,7,10-14H,4,6,8-9H2,1H3/t12-,13+,14-/m1/s1. The van der Waals surface area contributed by atoms with E-state index in [1.54, 1.807) is 11.8 Å². The number of imidazole rings is 1. The summed E-state index contributed by atoms with van der Waals surface area (Å²) in [4.78, 5) is 13.2. The maximum absolute atomic E-state index is 4.50. The zero-order chi connectivity index (χ0) is 14.9. The Balaban J connectivity index is 1.46. The molecular formula is C17H20N4S. The molecule has 2 aromatic rings. The van der Waals surface area contributed by atoms with Gasteiger partial charge in [0, 0.05) is 31.3 Å². The molecule has 5 heteroatoms. The maximum Gasteiger partial charge on any atom is 0.187 e. The Kier molecular flexibility index (Phi) is 3.74. The van der Waals surface area contributed by atoms with E-state index in [9.17, 15) is 0 Å². The molecule has 3 atom stereocenters. The average molecular weight is 312 g/mol. The van der Waals surface area contributed by atoms with Gasteiger partial charge < -0.3 is 4.57 Å². The normalized spacial score (nSPS) is 26.0. The van der Waals surface area contributed by atoms with Crippen LogP contribution >= 0.6 is 11.8 Å². The van der Waals surface area contributed by atoms with Gasteiger partial charge in [0.1, 0.15) is 5.82 Å². The fraction of sp³-hybridized carbons (Fsp3) is 0.471. The minimum atomic E-state index is 0.802. The van der Waals surface area contributed by atoms with Crippen LogP contribution in [0.2, 0.25) is 0 Å². The van der Waals surface area contributed by atoms with Crippen LogP contribution in [0.1, 0.15) is 19.3 Å². The van der Waals surface area contributed by atoms with Gasteiger partial charge in [-0.25, -0.2) is 15.0 Å². The van der Waals surface area contributed by atoms with Crippen LogP contribution in [-0.2, 0) is 6.54 Å². The Morgan fingerprint density at radius 2 is 2.05 bits per heavy atom. The molecule has 22 heavy (non-hydrogen) atoms. The van der Waals surface area contributed by atoms with Crippen molar-refractivity contribution in [3.05, 3.63) is 36.9 Å². The highest BCUT2D eigenvalue weighted by molar-refractivity contribution is 7.98. The molecule has 1 saturated carbocycles. The molecule has 1 fully saturated rings. The average Bonchev–Trinajstić information content (AvgIpc) is 3.29. The molecule has 114 valence electrons. The van der Waals surface area contributed by atoms with Crippen LogP contribution in [0, 0.1) is 17.8 Å². The van der Waals surface area contributed by atoms with E-state index in [2.05, 4.69) is 37.9 Å². The van der Waals surface area contributed by atoms with Crippen LogP contribution in [0.4, 0.5) is 0 Å². The highest BCUT2D eigenvalue weighted by atomic mass is 32.2. The van der Waals surface area contributed by atoms with Crippen LogP contribution in [0.3, 0.4) is 0 Å². The second-order valence-electron chi connectivity index (χ2n) is 6.23. The molecule has 0 unspecified atom stereocenters. The number of thioether (sulfide) groups is 1. The van der Waals surface area contributed by atoms with Crippen molar-refractivity contribution in [2.24, 2.45) is 17.8 Å². The fourth-order valence-electron chi connectivity index (χ4n) is 3.82. The van der Waals surface area contributed by atoms with Crippen molar-refractivity contribution in [3.8, 4) is 11.4 Å². The third-order valence-electron chi connectivity index (χ3n) is 4.94. The largest absolute Gasteiger partial charge is 0.331 e. The Labute approximate surface area is 135 Å². The molecule has 0 aromatic carbocycles. The molecule has 4 nitrogen and oxygen atoms in total. The fourth-order valence-corrected chi connectivity index (χ4v) is 4.13. The molecule has 0 aliphatic heterocycles. The molecular weight excluding hydrogens is 292 g/mol. The number of nitrogens with zero attached hydrogens (tertiary/aromatic N) is 4. The Morgan fingerprint density at radius 1 is 1.18 bits per heavy atom. The zero-order valence-corrected chi connectivity index (χ0v) is 13.5. The molecule has 2 aromatic heterocycles. The summed E-state index contributed by atoms with van der Waals surface area (Å²) in [5.74, 6) is 3.50. The molecule has 0 radical (unpaired) electrons. The van der Waals surface area contributed by atoms with Crippen molar-refractivity contribution >= 4 is 11.8 Å². The SMILES string of the molecule is CSc1ncc(-c2nccn2CC[C@@H]2C[C@@H]3C=C[C@H]2C3)cn1. The van der Waals surface area contributed by atoms with E-state index >= 15 is 0 Å². The lowest BCUT2D eigenvalue weighted by atomic mass is 9.90. The van der Waals surface area contributed by atoms with Crippen LogP contribution in [0.25, 0.3) is 11.4 Å². The number of aromatic nitrogens is 4. The van der Waals surface area contributed by atoms with Gasteiger partial charge in [-0.05, 0) is 43.3 Å². The zero-order valence-electron chi connectivity index (χ0n) is 12.7. The summed E-state index contributed by atoms with van der Waals surface area (Å²) in [5, 5.41) is 0.802. The molecule has 2 heterocycles. The number of hydrogen-bond donors (Lipinski definition) is 0. The second-order valence-corrected chi connectivity index (χ2v) is 7.01. The van der Waals surface area contributed by atoms with E-state index in [4.69, 9.17) is 0 Å². The first-order chi connectivity index (χ1) is 10.8. The van der Waals surface area contributed by atoms with Crippen LogP contribution in [0.5, 0.6) is 0 Å². The number of fused-ring (bicyclic) bond motifs is 2. The Bertz CT molecular complexity index is 676. The highest BCUT2D eigenvalue weighted by Gasteiger charge is 2.35. The molecule has 2 aliphatic rings. The lowest BCUT2D eigenvalue weighted by Gasteiger charge is -2.18. The number of aryl methyl sites for hydroxylation is 1. The first kappa shape index (κ1) is 14.0. The van der Waals surface area contributed by atoms with E-state index in [0.717, 1.165) is 40.8 Å². The van der Waals surface area contributed by atoms with Gasteiger partial charge in [0.05, 0.1) is 5.56 Å². The summed E-state index contributed by atoms with van der Waals surface area (Å²) >= 11 is 1.56. The first-order valence-electron chi connectivity index (χ1n) is 7.89. The van der Waals surface area contributed by atoms with Crippen molar-refractivity contribution < 1.29 is 0 Å². The van der Waals surface area contributed by atoms with Crippen molar-refractivity contribution in [2.45, 2.75) is 31.0 Å². The van der Waals surface area contributed by atoms with Crippen LogP contribution in [0.15, 0.2) is 42.1 Å². The van der Waals surface area contributed by atoms with Gasteiger partial charge in [0.2, 0.25) is 0 Å². The molecule has 2 aliphatic carbocycles. The van der Waals surface area contributed by atoms with E-state index in [1.165, 1.54) is 19.3 Å². The summed E-state index contributed by atoms with van der Waals surface area (Å²) in [6.07, 6.45) is 18.5. The van der Waals surface area contributed by atoms with Crippen molar-refractivity contribution in [3.63, 3.8) is 0 Å². The van der Waals surface area contributed by atoms with E-state index in [1.807, 2.05) is 24.8 Å². The second kappa shape index (κ2) is 5.88. The van der Waals surface area contributed by atoms with Crippen LogP contribution in [-0.4, -0.2) is 25.8 Å². The van der Waals surface area contributed by atoms with Gasteiger partial charge in [-0.3, -0.25) is 0 Å². The van der Waals surface area contributed by atoms with Gasteiger partial charge in [-0.15, -0.1) is 0 Å². The van der Waals surface area contributed by atoms with E-state index in [-0.39, 0.29) is 0 Å². The first-order valence-corrected chi connectivity index (χ1v) is 9.12. The third-order valence-corrected chi connectivity index (χ3v) is 5.52. The minimum absolute atomic E-state index is 0.802. The van der Waals surface area contributed by atoms with Crippen molar-refractivity contribution in [2.75, 3.05) is 6.26 Å². The van der Waals surface area contributed by atoms with Gasteiger partial charge in [-0.2, -0.15) is 0 Å². The van der Waals surface area contributed by atoms with Gasteiger partial charge >= 0.3 is 0 Å². The quantitative estimate of drug-likeness (QED) is 0.480. The van der Waals surface area contributed by atoms with Crippen LogP contribution < -0.4 is 0 Å². The number of rotatable bonds is 5. The van der Waals surface area contributed by atoms with E-state index < -0.39 is 0 Å². The summed E-state index contributed by atoms with van der Waals surface area (Å²) in [7, 11) is 0. The topological polar surface area (TPSA) is 43.6 Å². The predicted molar refractivity (Wildman–Crippen MR) is 88.5 cm³/mol. The molecule has 0 spiro atoms. The molecule has 2 bridgehead atoms. The van der Waals surface area contributed by atoms with E-state index in [0.29, 0.717) is 0 Å². The molecule has 0 amide bonds. The molecule has 0 N–H and O–H groups in total. The lowest BCUT2D eigenvalue weighted by molar-refractivity contribution is 0.389. The minimum Gasteiger partial charge on any atom is -0.331 e. The molecule has 0 saturated heterocycles. The summed E-state index contributed by atoms with van der Waals surface area (Å²) < 4.78 is 2.24. The van der Waals surface area contributed by atoms with Crippen molar-refractivity contribution in [1.82, 2.24) is 19.5 Å². The monoisotopic (exact) mass is 312 g/mol. The third kappa shape index (κ3) is 2.58. The summed E-state index contributed by atoms with van der Waals surface area (Å²) in [5.41, 5.74) is 0.996. The smallest absolute Gasteiger partial charge is 0.187 e. The van der Waals surface area contributed by atoms with Gasteiger partial charge in [0.15, 0.2) is 5.16 Å². The number of hydrogen-bond acceptors (Lipinski definition) is 4. The Morgan fingerprint density at radius 3 is 2.73 bits per heavy atom. The Hall–Kier alpha value is -1.62. The summed E-state index contributed by atoms with van der Waals surface area (Å²) in [6.45, 7) is 1.03. The van der Waals surface area contributed by atoms with Gasteiger partial charge in [0.25, 0.3) is 0 Å². The number of allylic oxidation sites excluding steroid dienone is 2. The van der Waals surface area contributed by atoms with Crippen molar-refractivity contribution in [1.29, 1.82) is 0 Å².